The minimum absolute atomic E-state index is 0.298. The van der Waals surface area contributed by atoms with Crippen molar-refractivity contribution >= 4 is 16.7 Å². The summed E-state index contributed by atoms with van der Waals surface area (Å²) in [5.41, 5.74) is 4.51. The first kappa shape index (κ1) is 20.4. The molecule has 0 aliphatic carbocycles. The van der Waals surface area contributed by atoms with Crippen molar-refractivity contribution in [1.82, 2.24) is 4.98 Å². The van der Waals surface area contributed by atoms with Crippen molar-refractivity contribution in [3.8, 4) is 33.8 Å². The van der Waals surface area contributed by atoms with Crippen molar-refractivity contribution < 1.29 is 19.0 Å². The number of esters is 1. The highest BCUT2D eigenvalue weighted by Gasteiger charge is 2.14. The van der Waals surface area contributed by atoms with Crippen molar-refractivity contribution in [2.75, 3.05) is 20.8 Å². The molecule has 5 nitrogen and oxygen atoms in total. The molecule has 0 amide bonds. The van der Waals surface area contributed by atoms with Gasteiger partial charge in [0.25, 0.3) is 0 Å². The molecule has 0 spiro atoms. The molecule has 5 heteroatoms. The van der Waals surface area contributed by atoms with Gasteiger partial charge in [-0.1, -0.05) is 24.3 Å². The van der Waals surface area contributed by atoms with Gasteiger partial charge in [-0.05, 0) is 77.0 Å². The third-order valence-electron chi connectivity index (χ3n) is 5.14. The molecule has 0 aliphatic heterocycles. The Morgan fingerprint density at radius 2 is 1.29 bits per heavy atom. The largest absolute Gasteiger partial charge is 0.497 e. The first-order valence-corrected chi connectivity index (χ1v) is 10.0. The lowest BCUT2D eigenvalue weighted by Gasteiger charge is -2.14. The molecule has 0 atom stereocenters. The number of rotatable bonds is 6. The van der Waals surface area contributed by atoms with Crippen molar-refractivity contribution in [3.05, 3.63) is 78.6 Å². The summed E-state index contributed by atoms with van der Waals surface area (Å²) < 4.78 is 15.7. The summed E-state index contributed by atoms with van der Waals surface area (Å²) in [6, 6.07) is 21.8. The SMILES string of the molecule is CCOC(=O)c1cc2cc(-c3ccc(OC)cc3)c(-c3ccc(OC)cc3)cc2cn1. The van der Waals surface area contributed by atoms with Gasteiger partial charge in [-0.15, -0.1) is 0 Å². The number of ether oxygens (including phenoxy) is 3. The second kappa shape index (κ2) is 8.88. The molecular formula is C26H23NO4. The van der Waals surface area contributed by atoms with E-state index < -0.39 is 5.97 Å². The molecule has 156 valence electrons. The van der Waals surface area contributed by atoms with Gasteiger partial charge in [0.2, 0.25) is 0 Å². The van der Waals surface area contributed by atoms with E-state index in [2.05, 4.69) is 17.1 Å². The van der Waals surface area contributed by atoms with Crippen LogP contribution < -0.4 is 9.47 Å². The van der Waals surface area contributed by atoms with Gasteiger partial charge in [-0.25, -0.2) is 9.78 Å². The van der Waals surface area contributed by atoms with Gasteiger partial charge in [0, 0.05) is 11.6 Å². The van der Waals surface area contributed by atoms with Gasteiger partial charge in [0.15, 0.2) is 0 Å². The summed E-state index contributed by atoms with van der Waals surface area (Å²) in [7, 11) is 3.30. The van der Waals surface area contributed by atoms with Gasteiger partial charge in [0.05, 0.1) is 20.8 Å². The van der Waals surface area contributed by atoms with Crippen molar-refractivity contribution in [2.45, 2.75) is 6.92 Å². The van der Waals surface area contributed by atoms with E-state index in [1.54, 1.807) is 33.4 Å². The number of carbonyl (C=O) groups excluding carboxylic acids is 1. The van der Waals surface area contributed by atoms with Crippen LogP contribution in [0.3, 0.4) is 0 Å². The monoisotopic (exact) mass is 413 g/mol. The second-order valence-electron chi connectivity index (χ2n) is 6.99. The van der Waals surface area contributed by atoms with Crippen molar-refractivity contribution in [3.63, 3.8) is 0 Å². The Hall–Kier alpha value is -3.86. The van der Waals surface area contributed by atoms with Gasteiger partial charge in [-0.3, -0.25) is 0 Å². The summed E-state index contributed by atoms with van der Waals surface area (Å²) in [4.78, 5) is 16.5. The fourth-order valence-electron chi connectivity index (χ4n) is 3.53. The second-order valence-corrected chi connectivity index (χ2v) is 6.99. The van der Waals surface area contributed by atoms with Crippen molar-refractivity contribution in [1.29, 1.82) is 0 Å². The van der Waals surface area contributed by atoms with Gasteiger partial charge in [-0.2, -0.15) is 0 Å². The minimum atomic E-state index is -0.422. The normalized spacial score (nSPS) is 10.7. The summed E-state index contributed by atoms with van der Waals surface area (Å²) in [6.45, 7) is 2.09. The maximum Gasteiger partial charge on any atom is 0.356 e. The maximum absolute atomic E-state index is 12.2. The predicted molar refractivity (Wildman–Crippen MR) is 122 cm³/mol. The molecule has 0 saturated carbocycles. The molecular weight excluding hydrogens is 390 g/mol. The number of hydrogen-bond acceptors (Lipinski definition) is 5. The fraction of sp³-hybridized carbons (Fsp3) is 0.154. The smallest absolute Gasteiger partial charge is 0.356 e. The van der Waals surface area contributed by atoms with Crippen LogP contribution in [-0.4, -0.2) is 31.8 Å². The van der Waals surface area contributed by atoms with E-state index >= 15 is 0 Å². The van der Waals surface area contributed by atoms with Crippen LogP contribution in [0.2, 0.25) is 0 Å². The van der Waals surface area contributed by atoms with Crippen LogP contribution in [0, 0.1) is 0 Å². The van der Waals surface area contributed by atoms with Crippen LogP contribution in [0.15, 0.2) is 72.9 Å². The highest BCUT2D eigenvalue weighted by Crippen LogP contribution is 2.37. The average Bonchev–Trinajstić information content (AvgIpc) is 2.83. The van der Waals surface area contributed by atoms with Crippen LogP contribution in [0.5, 0.6) is 11.5 Å². The molecule has 0 N–H and O–H groups in total. The minimum Gasteiger partial charge on any atom is -0.497 e. The Kier molecular flexibility index (Phi) is 5.85. The summed E-state index contributed by atoms with van der Waals surface area (Å²) in [6.07, 6.45) is 1.71. The Morgan fingerprint density at radius 1 is 0.774 bits per heavy atom. The van der Waals surface area contributed by atoms with Gasteiger partial charge >= 0.3 is 5.97 Å². The molecule has 31 heavy (non-hydrogen) atoms. The number of pyridine rings is 1. The molecule has 0 unspecified atom stereocenters. The number of hydrogen-bond donors (Lipinski definition) is 0. The molecule has 0 fully saturated rings. The summed E-state index contributed by atoms with van der Waals surface area (Å²) in [5, 5.41) is 1.86. The zero-order chi connectivity index (χ0) is 21.8. The molecule has 0 saturated heterocycles. The average molecular weight is 413 g/mol. The highest BCUT2D eigenvalue weighted by atomic mass is 16.5. The Bertz CT molecular complexity index is 1210. The number of nitrogens with zero attached hydrogens (tertiary/aromatic N) is 1. The maximum atomic E-state index is 12.2. The third kappa shape index (κ3) is 4.21. The molecule has 0 aliphatic rings. The molecule has 4 rings (SSSR count). The highest BCUT2D eigenvalue weighted by molar-refractivity contribution is 5.99. The molecule has 3 aromatic carbocycles. The van der Waals surface area contributed by atoms with Crippen LogP contribution in [0.1, 0.15) is 17.4 Å². The molecule has 0 radical (unpaired) electrons. The van der Waals surface area contributed by atoms with Crippen LogP contribution in [0.4, 0.5) is 0 Å². The number of methoxy groups -OCH3 is 2. The van der Waals surface area contributed by atoms with Crippen LogP contribution >= 0.6 is 0 Å². The third-order valence-corrected chi connectivity index (χ3v) is 5.14. The van der Waals surface area contributed by atoms with E-state index in [1.165, 1.54) is 0 Å². The predicted octanol–water partition coefficient (Wildman–Crippen LogP) is 5.76. The summed E-state index contributed by atoms with van der Waals surface area (Å²) in [5.74, 6) is 1.18. The Balaban J connectivity index is 1.90. The van der Waals surface area contributed by atoms with Crippen LogP contribution in [-0.2, 0) is 4.74 Å². The number of aromatic nitrogens is 1. The molecule has 4 aromatic rings. The van der Waals surface area contributed by atoms with Gasteiger partial charge < -0.3 is 14.2 Å². The van der Waals surface area contributed by atoms with Crippen LogP contribution in [0.25, 0.3) is 33.0 Å². The number of benzene rings is 3. The van der Waals surface area contributed by atoms with E-state index in [-0.39, 0.29) is 0 Å². The topological polar surface area (TPSA) is 57.7 Å². The molecule has 0 bridgehead atoms. The first-order chi connectivity index (χ1) is 15.1. The van der Waals surface area contributed by atoms with E-state index in [4.69, 9.17) is 14.2 Å². The lowest BCUT2D eigenvalue weighted by atomic mass is 9.91. The van der Waals surface area contributed by atoms with E-state index in [0.717, 1.165) is 44.5 Å². The van der Waals surface area contributed by atoms with Gasteiger partial charge in [0.1, 0.15) is 17.2 Å². The molecule has 1 aromatic heterocycles. The lowest BCUT2D eigenvalue weighted by Crippen LogP contribution is -2.06. The van der Waals surface area contributed by atoms with Crippen molar-refractivity contribution in [2.24, 2.45) is 0 Å². The van der Waals surface area contributed by atoms with E-state index in [9.17, 15) is 4.79 Å². The quantitative estimate of drug-likeness (QED) is 0.376. The van der Waals surface area contributed by atoms with E-state index in [0.29, 0.717) is 12.3 Å². The lowest BCUT2D eigenvalue weighted by molar-refractivity contribution is 0.0519. The standard InChI is InChI=1S/C26H23NO4/c1-4-31-26(28)25-15-19-13-23(17-5-9-21(29-2)10-6-17)24(14-20(19)16-27-25)18-7-11-22(30-3)12-8-18/h5-16H,4H2,1-3H3. The first-order valence-electron chi connectivity index (χ1n) is 10.0. The zero-order valence-corrected chi connectivity index (χ0v) is 17.7. The number of fused-ring (bicyclic) bond motifs is 1. The number of carbonyl (C=O) groups is 1. The zero-order valence-electron chi connectivity index (χ0n) is 17.7. The Labute approximate surface area is 181 Å². The van der Waals surface area contributed by atoms with E-state index in [1.807, 2.05) is 48.5 Å². The Morgan fingerprint density at radius 3 is 1.77 bits per heavy atom. The molecule has 1 heterocycles. The fourth-order valence-corrected chi connectivity index (χ4v) is 3.53. The summed E-state index contributed by atoms with van der Waals surface area (Å²) >= 11 is 0.